The molecule has 1 unspecified atom stereocenters. The van der Waals surface area contributed by atoms with Gasteiger partial charge in [-0.25, -0.2) is 9.67 Å². The summed E-state index contributed by atoms with van der Waals surface area (Å²) in [5.41, 5.74) is 1.22. The van der Waals surface area contributed by atoms with Crippen LogP contribution in [0.25, 0.3) is 5.82 Å². The lowest BCUT2D eigenvalue weighted by Crippen LogP contribution is -2.18. The largest absolute Gasteiger partial charge is 0.310 e. The van der Waals surface area contributed by atoms with Crippen LogP contribution >= 0.6 is 0 Å². The first-order chi connectivity index (χ1) is 7.81. The number of rotatable bonds is 4. The van der Waals surface area contributed by atoms with Crippen LogP contribution in [0.15, 0.2) is 36.8 Å². The summed E-state index contributed by atoms with van der Waals surface area (Å²) in [5.74, 6) is 0.854. The van der Waals surface area contributed by atoms with Crippen molar-refractivity contribution >= 4 is 0 Å². The molecule has 0 radical (unpaired) electrons. The van der Waals surface area contributed by atoms with Crippen LogP contribution in [0.3, 0.4) is 0 Å². The molecule has 84 valence electrons. The molecule has 0 saturated heterocycles. The van der Waals surface area contributed by atoms with Gasteiger partial charge in [0.05, 0.1) is 0 Å². The number of pyridine rings is 1. The topological polar surface area (TPSA) is 42.7 Å². The Labute approximate surface area is 95.3 Å². The molecule has 4 nitrogen and oxygen atoms in total. The summed E-state index contributed by atoms with van der Waals surface area (Å²) in [6, 6.07) is 6.31. The van der Waals surface area contributed by atoms with Crippen molar-refractivity contribution in [2.45, 2.75) is 19.9 Å². The average Bonchev–Trinajstić information content (AvgIpc) is 2.83. The Balaban J connectivity index is 2.26. The van der Waals surface area contributed by atoms with Gasteiger partial charge in [-0.15, -0.1) is 0 Å². The van der Waals surface area contributed by atoms with Gasteiger partial charge in [-0.05, 0) is 37.2 Å². The molecular formula is C12H16N4. The quantitative estimate of drug-likeness (QED) is 0.849. The van der Waals surface area contributed by atoms with Gasteiger partial charge in [0.25, 0.3) is 0 Å². The minimum absolute atomic E-state index is 0.335. The number of aromatic nitrogens is 3. The zero-order valence-corrected chi connectivity index (χ0v) is 9.59. The molecule has 0 aliphatic rings. The fraction of sp³-hybridized carbons (Fsp3) is 0.333. The fourth-order valence-electron chi connectivity index (χ4n) is 1.66. The molecule has 2 aromatic rings. The molecule has 0 saturated carbocycles. The second-order valence-electron chi connectivity index (χ2n) is 3.68. The van der Waals surface area contributed by atoms with E-state index in [0.29, 0.717) is 6.04 Å². The maximum atomic E-state index is 4.30. The summed E-state index contributed by atoms with van der Waals surface area (Å²) in [6.07, 6.45) is 5.46. The van der Waals surface area contributed by atoms with E-state index < -0.39 is 0 Å². The molecule has 0 aromatic carbocycles. The van der Waals surface area contributed by atoms with Crippen LogP contribution < -0.4 is 5.32 Å². The Morgan fingerprint density at radius 3 is 3.00 bits per heavy atom. The van der Waals surface area contributed by atoms with Crippen molar-refractivity contribution in [1.82, 2.24) is 20.1 Å². The van der Waals surface area contributed by atoms with Gasteiger partial charge in [0.15, 0.2) is 5.82 Å². The van der Waals surface area contributed by atoms with E-state index in [9.17, 15) is 0 Å². The van der Waals surface area contributed by atoms with E-state index in [0.717, 1.165) is 12.4 Å². The first-order valence-electron chi connectivity index (χ1n) is 5.50. The standard InChI is InChI=1S/C12H16N4/c1-3-13-10(2)11-5-7-14-12(9-11)16-8-4-6-15-16/h4-10,13H,3H2,1-2H3. The highest BCUT2D eigenvalue weighted by atomic mass is 15.3. The van der Waals surface area contributed by atoms with E-state index in [1.807, 2.05) is 24.5 Å². The highest BCUT2D eigenvalue weighted by Gasteiger charge is 2.05. The molecule has 2 rings (SSSR count). The van der Waals surface area contributed by atoms with E-state index in [-0.39, 0.29) is 0 Å². The van der Waals surface area contributed by atoms with Gasteiger partial charge in [0.1, 0.15) is 0 Å². The zero-order chi connectivity index (χ0) is 11.4. The van der Waals surface area contributed by atoms with Crippen LogP contribution in [0.4, 0.5) is 0 Å². The Bertz CT molecular complexity index is 436. The van der Waals surface area contributed by atoms with Crippen molar-refractivity contribution in [2.75, 3.05) is 6.54 Å². The molecule has 16 heavy (non-hydrogen) atoms. The SMILES string of the molecule is CCNC(C)c1ccnc(-n2cccn2)c1. The summed E-state index contributed by atoms with van der Waals surface area (Å²) in [5, 5.41) is 7.54. The Morgan fingerprint density at radius 1 is 1.44 bits per heavy atom. The van der Waals surface area contributed by atoms with Crippen molar-refractivity contribution in [2.24, 2.45) is 0 Å². The lowest BCUT2D eigenvalue weighted by molar-refractivity contribution is 0.596. The number of hydrogen-bond acceptors (Lipinski definition) is 3. The highest BCUT2D eigenvalue weighted by molar-refractivity contribution is 5.28. The molecule has 1 N–H and O–H groups in total. The minimum atomic E-state index is 0.335. The molecule has 4 heteroatoms. The molecule has 0 bridgehead atoms. The van der Waals surface area contributed by atoms with Gasteiger partial charge in [-0.1, -0.05) is 6.92 Å². The van der Waals surface area contributed by atoms with Crippen molar-refractivity contribution in [1.29, 1.82) is 0 Å². The molecule has 2 heterocycles. The maximum absolute atomic E-state index is 4.30. The predicted molar refractivity (Wildman–Crippen MR) is 63.5 cm³/mol. The third-order valence-corrected chi connectivity index (χ3v) is 2.52. The van der Waals surface area contributed by atoms with Gasteiger partial charge in [0, 0.05) is 24.6 Å². The molecule has 0 fully saturated rings. The van der Waals surface area contributed by atoms with Gasteiger partial charge >= 0.3 is 0 Å². The van der Waals surface area contributed by atoms with E-state index >= 15 is 0 Å². The molecule has 1 atom stereocenters. The Hall–Kier alpha value is -1.68. The van der Waals surface area contributed by atoms with Gasteiger partial charge in [0.2, 0.25) is 0 Å². The van der Waals surface area contributed by atoms with Gasteiger partial charge < -0.3 is 5.32 Å². The Kier molecular flexibility index (Phi) is 3.31. The monoisotopic (exact) mass is 216 g/mol. The highest BCUT2D eigenvalue weighted by Crippen LogP contribution is 2.13. The summed E-state index contributed by atoms with van der Waals surface area (Å²) in [6.45, 7) is 5.21. The number of nitrogens with one attached hydrogen (secondary N) is 1. The molecular weight excluding hydrogens is 200 g/mol. The third kappa shape index (κ3) is 2.28. The molecule has 0 aliphatic heterocycles. The second kappa shape index (κ2) is 4.90. The van der Waals surface area contributed by atoms with Crippen LogP contribution in [0.1, 0.15) is 25.5 Å². The van der Waals surface area contributed by atoms with Gasteiger partial charge in [-0.2, -0.15) is 5.10 Å². The molecule has 0 aliphatic carbocycles. The first kappa shape index (κ1) is 10.8. The summed E-state index contributed by atoms with van der Waals surface area (Å²) in [7, 11) is 0. The summed E-state index contributed by atoms with van der Waals surface area (Å²) >= 11 is 0. The van der Waals surface area contributed by atoms with Crippen molar-refractivity contribution in [3.05, 3.63) is 42.4 Å². The van der Waals surface area contributed by atoms with Crippen LogP contribution in [-0.2, 0) is 0 Å². The first-order valence-corrected chi connectivity index (χ1v) is 5.50. The minimum Gasteiger partial charge on any atom is -0.310 e. The summed E-state index contributed by atoms with van der Waals surface area (Å²) < 4.78 is 1.77. The lowest BCUT2D eigenvalue weighted by Gasteiger charge is -2.13. The van der Waals surface area contributed by atoms with E-state index in [2.05, 4.69) is 35.3 Å². The molecule has 0 spiro atoms. The normalized spacial score (nSPS) is 12.6. The molecule has 0 amide bonds. The number of hydrogen-bond donors (Lipinski definition) is 1. The smallest absolute Gasteiger partial charge is 0.153 e. The fourth-order valence-corrected chi connectivity index (χ4v) is 1.66. The van der Waals surface area contributed by atoms with Crippen molar-refractivity contribution in [3.8, 4) is 5.82 Å². The number of nitrogens with zero attached hydrogens (tertiary/aromatic N) is 3. The Morgan fingerprint density at radius 2 is 2.31 bits per heavy atom. The van der Waals surface area contributed by atoms with E-state index in [4.69, 9.17) is 0 Å². The summed E-state index contributed by atoms with van der Waals surface area (Å²) in [4.78, 5) is 4.30. The van der Waals surface area contributed by atoms with Crippen molar-refractivity contribution in [3.63, 3.8) is 0 Å². The van der Waals surface area contributed by atoms with E-state index in [1.54, 1.807) is 10.9 Å². The van der Waals surface area contributed by atoms with E-state index in [1.165, 1.54) is 5.56 Å². The molecule has 2 aromatic heterocycles. The van der Waals surface area contributed by atoms with Crippen LogP contribution in [0, 0.1) is 0 Å². The zero-order valence-electron chi connectivity index (χ0n) is 9.59. The van der Waals surface area contributed by atoms with Crippen LogP contribution in [-0.4, -0.2) is 21.3 Å². The lowest BCUT2D eigenvalue weighted by atomic mass is 10.1. The predicted octanol–water partition coefficient (Wildman–Crippen LogP) is 1.94. The van der Waals surface area contributed by atoms with Crippen LogP contribution in [0.2, 0.25) is 0 Å². The third-order valence-electron chi connectivity index (χ3n) is 2.52. The van der Waals surface area contributed by atoms with Crippen molar-refractivity contribution < 1.29 is 0 Å². The van der Waals surface area contributed by atoms with Crippen LogP contribution in [0.5, 0.6) is 0 Å². The maximum Gasteiger partial charge on any atom is 0.153 e. The average molecular weight is 216 g/mol. The van der Waals surface area contributed by atoms with Gasteiger partial charge in [-0.3, -0.25) is 0 Å². The second-order valence-corrected chi connectivity index (χ2v) is 3.68.